The number of hydrogen-bond acceptors (Lipinski definition) is 1. The van der Waals surface area contributed by atoms with Gasteiger partial charge in [-0.1, -0.05) is 56.5 Å². The number of halogens is 2. The molecule has 2 saturated carbocycles. The van der Waals surface area contributed by atoms with Gasteiger partial charge in [-0.15, -0.1) is 6.58 Å². The quantitative estimate of drug-likeness (QED) is 0.349. The van der Waals surface area contributed by atoms with E-state index in [9.17, 15) is 8.78 Å². The number of allylic oxidation sites excluding steroid dienone is 1. The predicted octanol–water partition coefficient (Wildman–Crippen LogP) is 8.09. The SMILES string of the molecule is C=CCCc1ccc(C2CCC(OCC3CCC(CCCC)CC3(F)F)CC2)cc1. The fraction of sp³-hybridized carbons (Fsp3) is 0.704. The van der Waals surface area contributed by atoms with Crippen LogP contribution in [0.15, 0.2) is 36.9 Å². The third-order valence-electron chi connectivity index (χ3n) is 7.34. The fourth-order valence-corrected chi connectivity index (χ4v) is 5.29. The van der Waals surface area contributed by atoms with Crippen molar-refractivity contribution in [2.45, 2.75) is 102 Å². The average molecular weight is 419 g/mol. The highest BCUT2D eigenvalue weighted by atomic mass is 19.3. The van der Waals surface area contributed by atoms with E-state index in [0.29, 0.717) is 12.3 Å². The van der Waals surface area contributed by atoms with Crippen molar-refractivity contribution in [3.63, 3.8) is 0 Å². The van der Waals surface area contributed by atoms with Crippen LogP contribution < -0.4 is 0 Å². The van der Waals surface area contributed by atoms with E-state index in [-0.39, 0.29) is 25.0 Å². The molecular weight excluding hydrogens is 378 g/mol. The van der Waals surface area contributed by atoms with Gasteiger partial charge >= 0.3 is 0 Å². The largest absolute Gasteiger partial charge is 0.378 e. The molecule has 0 heterocycles. The molecule has 0 aliphatic heterocycles. The Hall–Kier alpha value is -1.22. The van der Waals surface area contributed by atoms with Crippen LogP contribution in [-0.2, 0) is 11.2 Å². The summed E-state index contributed by atoms with van der Waals surface area (Å²) in [5.74, 6) is -2.36. The maximum atomic E-state index is 14.6. The zero-order valence-electron chi connectivity index (χ0n) is 18.8. The Morgan fingerprint density at radius 1 is 1.07 bits per heavy atom. The lowest BCUT2D eigenvalue weighted by atomic mass is 9.77. The summed E-state index contributed by atoms with van der Waals surface area (Å²) in [6.07, 6.45) is 13.1. The van der Waals surface area contributed by atoms with Crippen molar-refractivity contribution >= 4 is 0 Å². The second kappa shape index (κ2) is 11.4. The Labute approximate surface area is 182 Å². The molecule has 0 bridgehead atoms. The van der Waals surface area contributed by atoms with Crippen molar-refractivity contribution in [1.29, 1.82) is 0 Å². The van der Waals surface area contributed by atoms with E-state index in [1.165, 1.54) is 11.1 Å². The summed E-state index contributed by atoms with van der Waals surface area (Å²) in [4.78, 5) is 0. The van der Waals surface area contributed by atoms with Gasteiger partial charge in [0.1, 0.15) is 0 Å². The molecule has 168 valence electrons. The van der Waals surface area contributed by atoms with Gasteiger partial charge < -0.3 is 4.74 Å². The number of rotatable bonds is 10. The maximum absolute atomic E-state index is 14.6. The Kier molecular flexibility index (Phi) is 8.92. The van der Waals surface area contributed by atoms with Crippen LogP contribution in [0.5, 0.6) is 0 Å². The van der Waals surface area contributed by atoms with Crippen LogP contribution >= 0.6 is 0 Å². The third-order valence-corrected chi connectivity index (χ3v) is 7.34. The molecule has 1 aromatic carbocycles. The van der Waals surface area contributed by atoms with Crippen LogP contribution in [0.1, 0.15) is 94.6 Å². The van der Waals surface area contributed by atoms with Crippen molar-refractivity contribution in [2.75, 3.05) is 6.61 Å². The summed E-state index contributed by atoms with van der Waals surface area (Å²) < 4.78 is 35.2. The molecule has 1 aromatic rings. The number of alkyl halides is 2. The van der Waals surface area contributed by atoms with E-state index >= 15 is 0 Å². The van der Waals surface area contributed by atoms with Crippen LogP contribution in [0.2, 0.25) is 0 Å². The Balaban J connectivity index is 1.40. The molecule has 1 nitrogen and oxygen atoms in total. The van der Waals surface area contributed by atoms with Gasteiger partial charge in [0.15, 0.2) is 0 Å². The first-order chi connectivity index (χ1) is 14.5. The van der Waals surface area contributed by atoms with E-state index < -0.39 is 11.8 Å². The molecule has 0 spiro atoms. The molecule has 2 aliphatic rings. The molecular formula is C27H40F2O. The van der Waals surface area contributed by atoms with Crippen molar-refractivity contribution < 1.29 is 13.5 Å². The topological polar surface area (TPSA) is 9.23 Å². The molecule has 3 rings (SSSR count). The van der Waals surface area contributed by atoms with Gasteiger partial charge in [0.2, 0.25) is 0 Å². The molecule has 0 saturated heterocycles. The summed E-state index contributed by atoms with van der Waals surface area (Å²) in [5.41, 5.74) is 2.77. The van der Waals surface area contributed by atoms with Crippen LogP contribution in [0.4, 0.5) is 8.78 Å². The highest BCUT2D eigenvalue weighted by Crippen LogP contribution is 2.43. The maximum Gasteiger partial charge on any atom is 0.253 e. The number of unbranched alkanes of at least 4 members (excludes halogenated alkanes) is 1. The summed E-state index contributed by atoms with van der Waals surface area (Å²) in [7, 11) is 0. The zero-order valence-corrected chi connectivity index (χ0v) is 18.8. The van der Waals surface area contributed by atoms with Gasteiger partial charge in [-0.2, -0.15) is 0 Å². The minimum Gasteiger partial charge on any atom is -0.378 e. The summed E-state index contributed by atoms with van der Waals surface area (Å²) in [6, 6.07) is 9.00. The number of ether oxygens (including phenoxy) is 1. The molecule has 0 radical (unpaired) electrons. The molecule has 2 aliphatic carbocycles. The number of aryl methyl sites for hydroxylation is 1. The van der Waals surface area contributed by atoms with Gasteiger partial charge in [0, 0.05) is 12.3 Å². The van der Waals surface area contributed by atoms with E-state index in [1.807, 2.05) is 6.08 Å². The standard InChI is InChI=1S/C27H40F2O/c1-3-5-7-21-9-12-23(13-10-21)24-14-17-26(18-15-24)30-20-25-16-11-22(8-6-4-2)19-27(25,28)29/h3,9-10,12-13,22,24-26H,1,4-8,11,14-20H2,2H3. The van der Waals surface area contributed by atoms with E-state index in [2.05, 4.69) is 37.8 Å². The molecule has 0 aromatic heterocycles. The van der Waals surface area contributed by atoms with Crippen molar-refractivity contribution in [2.24, 2.45) is 11.8 Å². The van der Waals surface area contributed by atoms with Crippen molar-refractivity contribution in [1.82, 2.24) is 0 Å². The lowest BCUT2D eigenvalue weighted by Gasteiger charge is -2.37. The van der Waals surface area contributed by atoms with Gasteiger partial charge in [-0.05, 0) is 74.3 Å². The number of hydrogen-bond donors (Lipinski definition) is 0. The van der Waals surface area contributed by atoms with E-state index in [4.69, 9.17) is 4.74 Å². The smallest absolute Gasteiger partial charge is 0.253 e. The lowest BCUT2D eigenvalue weighted by molar-refractivity contribution is -0.136. The van der Waals surface area contributed by atoms with Crippen LogP contribution in [-0.4, -0.2) is 18.6 Å². The molecule has 30 heavy (non-hydrogen) atoms. The van der Waals surface area contributed by atoms with Crippen LogP contribution in [0, 0.1) is 11.8 Å². The second-order valence-electron chi connectivity index (χ2n) is 9.62. The fourth-order valence-electron chi connectivity index (χ4n) is 5.29. The summed E-state index contributed by atoms with van der Waals surface area (Å²) in [6.45, 7) is 6.15. The van der Waals surface area contributed by atoms with Crippen LogP contribution in [0.3, 0.4) is 0 Å². The molecule has 0 amide bonds. The monoisotopic (exact) mass is 418 g/mol. The molecule has 2 unspecified atom stereocenters. The van der Waals surface area contributed by atoms with Gasteiger partial charge in [-0.25, -0.2) is 8.78 Å². The van der Waals surface area contributed by atoms with E-state index in [1.54, 1.807) is 0 Å². The van der Waals surface area contributed by atoms with Crippen molar-refractivity contribution in [3.05, 3.63) is 48.0 Å². The molecule has 2 fully saturated rings. The van der Waals surface area contributed by atoms with Gasteiger partial charge in [0.25, 0.3) is 5.92 Å². The molecule has 2 atom stereocenters. The van der Waals surface area contributed by atoms with Gasteiger partial charge in [0.05, 0.1) is 12.7 Å². The predicted molar refractivity (Wildman–Crippen MR) is 121 cm³/mol. The highest BCUT2D eigenvalue weighted by Gasteiger charge is 2.45. The third kappa shape index (κ3) is 6.64. The van der Waals surface area contributed by atoms with Crippen molar-refractivity contribution in [3.8, 4) is 0 Å². The van der Waals surface area contributed by atoms with Gasteiger partial charge in [-0.3, -0.25) is 0 Å². The first-order valence-corrected chi connectivity index (χ1v) is 12.2. The second-order valence-corrected chi connectivity index (χ2v) is 9.62. The summed E-state index contributed by atoms with van der Waals surface area (Å²) >= 11 is 0. The lowest BCUT2D eigenvalue weighted by Crippen LogP contribution is -2.39. The molecule has 0 N–H and O–H groups in total. The minimum atomic E-state index is -2.55. The Bertz CT molecular complexity index is 631. The highest BCUT2D eigenvalue weighted by molar-refractivity contribution is 5.26. The Morgan fingerprint density at radius 2 is 1.80 bits per heavy atom. The summed E-state index contributed by atoms with van der Waals surface area (Å²) in [5, 5.41) is 0. The zero-order chi connectivity index (χ0) is 21.4. The average Bonchev–Trinajstić information content (AvgIpc) is 2.76. The normalized spacial score (nSPS) is 28.9. The molecule has 3 heteroatoms. The Morgan fingerprint density at radius 3 is 2.43 bits per heavy atom. The minimum absolute atomic E-state index is 0.0660. The first-order valence-electron chi connectivity index (χ1n) is 12.2. The van der Waals surface area contributed by atoms with E-state index in [0.717, 1.165) is 64.2 Å². The number of benzene rings is 1. The first kappa shape index (κ1) is 23.4. The van der Waals surface area contributed by atoms with Crippen LogP contribution in [0.25, 0.3) is 0 Å².